The lowest BCUT2D eigenvalue weighted by atomic mass is 10.0. The number of unbranched alkanes of at least 4 members (excludes halogenated alkanes) is 15. The molecular weight excluding hydrogens is 997 g/mol. The molecule has 2 unspecified atom stereocenters. The summed E-state index contributed by atoms with van der Waals surface area (Å²) in [5.41, 5.74) is 4.58. The molecule has 1 aliphatic heterocycles. The van der Waals surface area contributed by atoms with Crippen LogP contribution in [0.1, 0.15) is 181 Å². The van der Waals surface area contributed by atoms with E-state index in [0.29, 0.717) is 25.7 Å². The maximum atomic E-state index is 12.9. The molecule has 0 radical (unpaired) electrons. The number of hydrogen-bond donors (Lipinski definition) is 6. The Balaban J connectivity index is 1.81. The number of allylic oxidation sites excluding steroid dienone is 9. The first-order chi connectivity index (χ1) is 35.4. The molecule has 1 aromatic heterocycles. The zero-order chi connectivity index (χ0) is 54.5. The average molecular weight is 1090 g/mol. The summed E-state index contributed by atoms with van der Waals surface area (Å²) in [5.74, 6) is -0.591. The standard InChI is InChI=1S/C53H89N3O16P2/c1-4-44(57)35-31-27-23-19-15-11-8-9-12-16-20-24-28-32-36-48(58)67-40-45(70-49(59)37-33-29-25-21-17-13-7-5-6-10-14-18-22-26-30-34-43(2)3)41-68-73(63,64)72-74(65,66)69-42-46-50(60)51(61)52(71-46)56-39-38-47(54)55-53(56)62/h9,11-12,15,20,23-24,27,31,35,38-39,43-46,50-52,57,60-61H,4-8,10,13-14,16-19,21-22,25-26,28-30,32-34,36-37,40-42H2,1-3H3,(H,63,64)(H,65,66)(H2,54,55,62)/b12-9-,15-11-,24-20-,27-23-,35-31+/t44-,45+,46+,50+,51+,52+/m0/s1. The number of hydrogen-bond acceptors (Lipinski definition) is 16. The van der Waals surface area contributed by atoms with Crippen LogP contribution >= 0.6 is 15.6 Å². The van der Waals surface area contributed by atoms with Gasteiger partial charge < -0.3 is 45.1 Å². The number of esters is 2. The number of ether oxygens (including phenoxy) is 3. The van der Waals surface area contributed by atoms with E-state index in [-0.39, 0.29) is 18.7 Å². The third kappa shape index (κ3) is 32.8. The van der Waals surface area contributed by atoms with Crippen LogP contribution in [0.25, 0.3) is 0 Å². The SMILES string of the molecule is CC[C@H](O)/C=C/C=C\C/C=C\C/C=C\C/C=C\CCCC(=O)OC[C@H](COP(=O)(O)OP(=O)(O)OC[C@H]1O[C@@H](n2ccc(N)nc2=O)[C@H](O)[C@@H]1O)OC(=O)CCCCCCCCCCCCCCCCCC(C)C. The predicted octanol–water partition coefficient (Wildman–Crippen LogP) is 10.3. The number of phosphoric acid groups is 2. The number of aliphatic hydroxyl groups is 3. The van der Waals surface area contributed by atoms with E-state index in [1.807, 2.05) is 43.4 Å². The molecule has 0 aliphatic carbocycles. The molecule has 0 saturated carbocycles. The average Bonchev–Trinajstić information content (AvgIpc) is 3.63. The molecule has 8 atom stereocenters. The van der Waals surface area contributed by atoms with Crippen LogP contribution in [0.3, 0.4) is 0 Å². The highest BCUT2D eigenvalue weighted by Gasteiger charge is 2.46. The lowest BCUT2D eigenvalue weighted by Gasteiger charge is -2.21. The molecule has 74 heavy (non-hydrogen) atoms. The minimum Gasteiger partial charge on any atom is -0.462 e. The fourth-order valence-corrected chi connectivity index (χ4v) is 9.77. The summed E-state index contributed by atoms with van der Waals surface area (Å²) >= 11 is 0. The van der Waals surface area contributed by atoms with Gasteiger partial charge in [-0.2, -0.15) is 9.29 Å². The van der Waals surface area contributed by atoms with Gasteiger partial charge in [-0.1, -0.05) is 178 Å². The number of carbonyl (C=O) groups is 2. The Labute approximate surface area is 439 Å². The number of nitrogen functional groups attached to an aromatic ring is 1. The predicted molar refractivity (Wildman–Crippen MR) is 285 cm³/mol. The molecule has 0 spiro atoms. The summed E-state index contributed by atoms with van der Waals surface area (Å²) in [6.45, 7) is 4.10. The number of anilines is 1. The minimum absolute atomic E-state index is 0.0311. The Kier molecular flexibility index (Phi) is 35.7. The second-order valence-electron chi connectivity index (χ2n) is 19.0. The van der Waals surface area contributed by atoms with Crippen molar-refractivity contribution < 1.29 is 71.4 Å². The lowest BCUT2D eigenvalue weighted by Crippen LogP contribution is -2.36. The second kappa shape index (κ2) is 39.7. The fraction of sp³-hybridized carbons (Fsp3) is 0.698. The van der Waals surface area contributed by atoms with Crippen molar-refractivity contribution in [1.29, 1.82) is 0 Å². The van der Waals surface area contributed by atoms with Gasteiger partial charge in [0.15, 0.2) is 12.3 Å². The number of nitrogens with two attached hydrogens (primary N) is 1. The number of nitrogens with zero attached hydrogens (tertiary/aromatic N) is 2. The Morgan fingerprint density at radius 2 is 1.28 bits per heavy atom. The van der Waals surface area contributed by atoms with Gasteiger partial charge in [-0.05, 0) is 56.9 Å². The molecular formula is C53H89N3O16P2. The summed E-state index contributed by atoms with van der Waals surface area (Å²) in [7, 11) is -10.9. The molecule has 0 amide bonds. The molecule has 422 valence electrons. The highest BCUT2D eigenvalue weighted by atomic mass is 31.3. The molecule has 2 heterocycles. The molecule has 1 fully saturated rings. The van der Waals surface area contributed by atoms with E-state index in [4.69, 9.17) is 29.0 Å². The lowest BCUT2D eigenvalue weighted by molar-refractivity contribution is -0.161. The molecule has 1 aliphatic rings. The Morgan fingerprint density at radius 1 is 0.743 bits per heavy atom. The van der Waals surface area contributed by atoms with Crippen molar-refractivity contribution in [3.05, 3.63) is 83.5 Å². The van der Waals surface area contributed by atoms with Gasteiger partial charge in [-0.15, -0.1) is 0 Å². The number of aromatic nitrogens is 2. The van der Waals surface area contributed by atoms with Crippen LogP contribution in [0.2, 0.25) is 0 Å². The van der Waals surface area contributed by atoms with Crippen LogP contribution in [-0.4, -0.2) is 96.9 Å². The van der Waals surface area contributed by atoms with Crippen molar-refractivity contribution in [3.8, 4) is 0 Å². The number of aliphatic hydroxyl groups excluding tert-OH is 3. The maximum Gasteiger partial charge on any atom is 0.481 e. The number of phosphoric ester groups is 2. The normalized spacial score (nSPS) is 19.9. The van der Waals surface area contributed by atoms with Gasteiger partial charge in [-0.25, -0.2) is 13.9 Å². The monoisotopic (exact) mass is 1090 g/mol. The zero-order valence-electron chi connectivity index (χ0n) is 44.2. The summed E-state index contributed by atoms with van der Waals surface area (Å²) in [6, 6.07) is 1.24. The van der Waals surface area contributed by atoms with Crippen LogP contribution in [-0.2, 0) is 46.3 Å². The minimum atomic E-state index is -5.44. The first-order valence-corrected chi connectivity index (χ1v) is 29.8. The Morgan fingerprint density at radius 3 is 1.86 bits per heavy atom. The highest BCUT2D eigenvalue weighted by Crippen LogP contribution is 2.60. The third-order valence-electron chi connectivity index (χ3n) is 12.0. The molecule has 2 rings (SSSR count). The summed E-state index contributed by atoms with van der Waals surface area (Å²) in [4.78, 5) is 62.0. The first-order valence-electron chi connectivity index (χ1n) is 26.8. The molecule has 1 aromatic rings. The smallest absolute Gasteiger partial charge is 0.462 e. The first kappa shape index (κ1) is 66.5. The molecule has 0 aromatic carbocycles. The van der Waals surface area contributed by atoms with E-state index >= 15 is 0 Å². The van der Waals surface area contributed by atoms with Crippen LogP contribution in [0, 0.1) is 5.92 Å². The van der Waals surface area contributed by atoms with Gasteiger partial charge >= 0.3 is 33.3 Å². The molecule has 0 bridgehead atoms. The maximum absolute atomic E-state index is 12.9. The van der Waals surface area contributed by atoms with E-state index in [0.717, 1.165) is 61.6 Å². The van der Waals surface area contributed by atoms with Gasteiger partial charge in [0.05, 0.1) is 19.3 Å². The van der Waals surface area contributed by atoms with Gasteiger partial charge in [-0.3, -0.25) is 23.2 Å². The quantitative estimate of drug-likeness (QED) is 0.0117. The summed E-state index contributed by atoms with van der Waals surface area (Å²) in [5, 5.41) is 30.4. The van der Waals surface area contributed by atoms with Crippen LogP contribution in [0.15, 0.2) is 77.8 Å². The highest BCUT2D eigenvalue weighted by molar-refractivity contribution is 7.61. The Hall–Kier alpha value is -3.58. The molecule has 19 nitrogen and oxygen atoms in total. The van der Waals surface area contributed by atoms with Gasteiger partial charge in [0.1, 0.15) is 30.7 Å². The number of carbonyl (C=O) groups excluding carboxylic acids is 2. The number of rotatable bonds is 43. The van der Waals surface area contributed by atoms with Gasteiger partial charge in [0, 0.05) is 19.0 Å². The van der Waals surface area contributed by atoms with Gasteiger partial charge in [0.25, 0.3) is 0 Å². The van der Waals surface area contributed by atoms with Crippen molar-refractivity contribution >= 4 is 33.4 Å². The van der Waals surface area contributed by atoms with E-state index in [2.05, 4.69) is 41.4 Å². The fourth-order valence-electron chi connectivity index (χ4n) is 7.66. The summed E-state index contributed by atoms with van der Waals surface area (Å²) in [6.07, 6.45) is 35.4. The van der Waals surface area contributed by atoms with Crippen LogP contribution < -0.4 is 11.4 Å². The van der Waals surface area contributed by atoms with Crippen molar-refractivity contribution in [3.63, 3.8) is 0 Å². The van der Waals surface area contributed by atoms with E-state index in [1.165, 1.54) is 76.7 Å². The zero-order valence-corrected chi connectivity index (χ0v) is 45.9. The van der Waals surface area contributed by atoms with E-state index < -0.39 is 89.8 Å². The van der Waals surface area contributed by atoms with Crippen molar-refractivity contribution in [2.75, 3.05) is 25.6 Å². The van der Waals surface area contributed by atoms with E-state index in [9.17, 15) is 48.6 Å². The third-order valence-corrected chi connectivity index (χ3v) is 14.6. The molecule has 7 N–H and O–H groups in total. The van der Waals surface area contributed by atoms with Crippen molar-refractivity contribution in [1.82, 2.24) is 9.55 Å². The molecule has 21 heteroatoms. The van der Waals surface area contributed by atoms with Gasteiger partial charge in [0.2, 0.25) is 0 Å². The van der Waals surface area contributed by atoms with Crippen LogP contribution in [0.4, 0.5) is 5.82 Å². The van der Waals surface area contributed by atoms with Crippen molar-refractivity contribution in [2.45, 2.75) is 212 Å². The Bertz CT molecular complexity index is 2010. The largest absolute Gasteiger partial charge is 0.481 e. The second-order valence-corrected chi connectivity index (χ2v) is 22.1. The van der Waals surface area contributed by atoms with Crippen LogP contribution in [0.5, 0.6) is 0 Å². The van der Waals surface area contributed by atoms with E-state index in [1.54, 1.807) is 6.08 Å². The molecule has 1 saturated heterocycles. The topological polar surface area (TPSA) is 286 Å². The van der Waals surface area contributed by atoms with Crippen molar-refractivity contribution in [2.24, 2.45) is 5.92 Å². The summed E-state index contributed by atoms with van der Waals surface area (Å²) < 4.78 is 56.8.